The maximum absolute atomic E-state index is 13.3. The van der Waals surface area contributed by atoms with Gasteiger partial charge in [0.15, 0.2) is 0 Å². The second-order valence-electron chi connectivity index (χ2n) is 3.80. The normalized spacial score (nSPS) is 12.7. The van der Waals surface area contributed by atoms with Gasteiger partial charge in [0.05, 0.1) is 11.7 Å². The van der Waals surface area contributed by atoms with E-state index in [-0.39, 0.29) is 11.9 Å². The molecule has 0 aliphatic heterocycles. The monoisotopic (exact) mass is 253 g/mol. The van der Waals surface area contributed by atoms with Gasteiger partial charge in [-0.1, -0.05) is 11.6 Å². The number of halogens is 2. The van der Waals surface area contributed by atoms with Gasteiger partial charge in [0, 0.05) is 18.3 Å². The van der Waals surface area contributed by atoms with E-state index in [0.29, 0.717) is 10.6 Å². The molecule has 0 amide bonds. The molecule has 1 N–H and O–H groups in total. The first-order valence-corrected chi connectivity index (χ1v) is 5.61. The summed E-state index contributed by atoms with van der Waals surface area (Å²) < 4.78 is 15.0. The molecule has 1 aromatic carbocycles. The summed E-state index contributed by atoms with van der Waals surface area (Å²) in [6, 6.07) is 6.00. The number of aryl methyl sites for hydroxylation is 1. The Kier molecular flexibility index (Phi) is 3.45. The van der Waals surface area contributed by atoms with Gasteiger partial charge < -0.3 is 5.32 Å². The first-order valence-electron chi connectivity index (χ1n) is 5.23. The van der Waals surface area contributed by atoms with Crippen LogP contribution >= 0.6 is 11.6 Å². The Labute approximate surface area is 104 Å². The van der Waals surface area contributed by atoms with Crippen molar-refractivity contribution in [3.63, 3.8) is 0 Å². The van der Waals surface area contributed by atoms with E-state index in [0.717, 1.165) is 5.69 Å². The summed E-state index contributed by atoms with van der Waals surface area (Å²) >= 11 is 6.09. The molecule has 1 heterocycles. The number of nitrogens with one attached hydrogen (secondary N) is 1. The second-order valence-corrected chi connectivity index (χ2v) is 4.21. The zero-order valence-electron chi connectivity index (χ0n) is 9.61. The minimum absolute atomic E-state index is 0.209. The molecule has 1 unspecified atom stereocenters. The van der Waals surface area contributed by atoms with Gasteiger partial charge in [-0.2, -0.15) is 5.10 Å². The minimum atomic E-state index is -0.305. The smallest absolute Gasteiger partial charge is 0.123 e. The summed E-state index contributed by atoms with van der Waals surface area (Å²) in [4.78, 5) is 0. The average Bonchev–Trinajstić information content (AvgIpc) is 2.71. The molecule has 1 aromatic heterocycles. The van der Waals surface area contributed by atoms with Gasteiger partial charge in [0.25, 0.3) is 0 Å². The molecule has 1 atom stereocenters. The quantitative estimate of drug-likeness (QED) is 0.911. The van der Waals surface area contributed by atoms with Crippen LogP contribution < -0.4 is 5.32 Å². The molecule has 17 heavy (non-hydrogen) atoms. The van der Waals surface area contributed by atoms with Gasteiger partial charge in [0.2, 0.25) is 0 Å². The highest BCUT2D eigenvalue weighted by Gasteiger charge is 2.18. The summed E-state index contributed by atoms with van der Waals surface area (Å²) in [5, 5.41) is 7.92. The van der Waals surface area contributed by atoms with Crippen LogP contribution in [0.25, 0.3) is 0 Å². The molecule has 0 aliphatic carbocycles. The molecule has 2 aromatic rings. The highest BCUT2D eigenvalue weighted by molar-refractivity contribution is 6.31. The Morgan fingerprint density at radius 3 is 2.76 bits per heavy atom. The molecule has 0 saturated carbocycles. The van der Waals surface area contributed by atoms with E-state index in [9.17, 15) is 4.39 Å². The zero-order chi connectivity index (χ0) is 12.4. The predicted octanol–water partition coefficient (Wildman–Crippen LogP) is 2.52. The lowest BCUT2D eigenvalue weighted by Crippen LogP contribution is -2.19. The Morgan fingerprint density at radius 1 is 1.41 bits per heavy atom. The summed E-state index contributed by atoms with van der Waals surface area (Å²) in [6.45, 7) is 0. The van der Waals surface area contributed by atoms with Crippen LogP contribution in [0.1, 0.15) is 17.3 Å². The van der Waals surface area contributed by atoms with E-state index in [2.05, 4.69) is 10.4 Å². The van der Waals surface area contributed by atoms with Crippen molar-refractivity contribution in [1.29, 1.82) is 0 Å². The molecule has 0 radical (unpaired) electrons. The lowest BCUT2D eigenvalue weighted by Gasteiger charge is -2.15. The topological polar surface area (TPSA) is 29.9 Å². The fourth-order valence-electron chi connectivity index (χ4n) is 1.79. The van der Waals surface area contributed by atoms with Crippen molar-refractivity contribution < 1.29 is 4.39 Å². The molecule has 3 nitrogen and oxygen atoms in total. The maximum atomic E-state index is 13.3. The van der Waals surface area contributed by atoms with Crippen molar-refractivity contribution in [2.24, 2.45) is 7.05 Å². The van der Waals surface area contributed by atoms with E-state index < -0.39 is 0 Å². The molecule has 0 saturated heterocycles. The molecule has 0 bridgehead atoms. The summed E-state index contributed by atoms with van der Waals surface area (Å²) in [5.41, 5.74) is 1.50. The van der Waals surface area contributed by atoms with Crippen molar-refractivity contribution in [3.8, 4) is 0 Å². The average molecular weight is 254 g/mol. The van der Waals surface area contributed by atoms with E-state index in [1.807, 2.05) is 19.3 Å². The standard InChI is InChI=1S/C12H13ClFN3/c1-15-12(11-5-6-17(2)16-11)9-7-8(14)3-4-10(9)13/h3-7,12,15H,1-2H3. The van der Waals surface area contributed by atoms with Crippen LogP contribution in [0, 0.1) is 5.82 Å². The summed E-state index contributed by atoms with van der Waals surface area (Å²) in [6.07, 6.45) is 1.84. The first kappa shape index (κ1) is 12.1. The number of rotatable bonds is 3. The first-order chi connectivity index (χ1) is 8.11. The highest BCUT2D eigenvalue weighted by Crippen LogP contribution is 2.27. The zero-order valence-corrected chi connectivity index (χ0v) is 10.4. The fraction of sp³-hybridized carbons (Fsp3) is 0.250. The van der Waals surface area contributed by atoms with Crippen LogP contribution in [0.2, 0.25) is 5.02 Å². The third-order valence-electron chi connectivity index (χ3n) is 2.59. The summed E-state index contributed by atoms with van der Waals surface area (Å²) in [7, 11) is 3.63. The van der Waals surface area contributed by atoms with Gasteiger partial charge in [-0.15, -0.1) is 0 Å². The Bertz CT molecular complexity index is 524. The molecule has 0 spiro atoms. The van der Waals surface area contributed by atoms with Crippen LogP contribution in [0.15, 0.2) is 30.5 Å². The van der Waals surface area contributed by atoms with Crippen LogP contribution in [-0.2, 0) is 7.05 Å². The van der Waals surface area contributed by atoms with Crippen molar-refractivity contribution >= 4 is 11.6 Å². The van der Waals surface area contributed by atoms with Crippen LogP contribution in [0.3, 0.4) is 0 Å². The lowest BCUT2D eigenvalue weighted by atomic mass is 10.0. The highest BCUT2D eigenvalue weighted by atomic mass is 35.5. The molecule has 2 rings (SSSR count). The van der Waals surface area contributed by atoms with E-state index >= 15 is 0 Å². The van der Waals surface area contributed by atoms with E-state index in [1.54, 1.807) is 17.8 Å². The fourth-order valence-corrected chi connectivity index (χ4v) is 2.01. The van der Waals surface area contributed by atoms with Crippen molar-refractivity contribution in [2.45, 2.75) is 6.04 Å². The van der Waals surface area contributed by atoms with Crippen LogP contribution in [0.5, 0.6) is 0 Å². The van der Waals surface area contributed by atoms with Gasteiger partial charge in [-0.3, -0.25) is 4.68 Å². The Hall–Kier alpha value is -1.39. The third kappa shape index (κ3) is 2.48. The minimum Gasteiger partial charge on any atom is -0.308 e. The SMILES string of the molecule is CNC(c1ccn(C)n1)c1cc(F)ccc1Cl. The van der Waals surface area contributed by atoms with Gasteiger partial charge in [-0.25, -0.2) is 4.39 Å². The lowest BCUT2D eigenvalue weighted by molar-refractivity contribution is 0.609. The van der Waals surface area contributed by atoms with Gasteiger partial charge >= 0.3 is 0 Å². The second kappa shape index (κ2) is 4.85. The van der Waals surface area contributed by atoms with Gasteiger partial charge in [-0.05, 0) is 36.9 Å². The number of hydrogen-bond acceptors (Lipinski definition) is 2. The van der Waals surface area contributed by atoms with Crippen molar-refractivity contribution in [2.75, 3.05) is 7.05 Å². The molecule has 5 heteroatoms. The van der Waals surface area contributed by atoms with Crippen molar-refractivity contribution in [3.05, 3.63) is 52.6 Å². The molecule has 0 aliphatic rings. The van der Waals surface area contributed by atoms with E-state index in [1.165, 1.54) is 12.1 Å². The van der Waals surface area contributed by atoms with Crippen LogP contribution in [0.4, 0.5) is 4.39 Å². The Balaban J connectivity index is 2.45. The number of hydrogen-bond donors (Lipinski definition) is 1. The largest absolute Gasteiger partial charge is 0.308 e. The number of nitrogens with zero attached hydrogens (tertiary/aromatic N) is 2. The Morgan fingerprint density at radius 2 is 2.18 bits per heavy atom. The molecule has 0 fully saturated rings. The van der Waals surface area contributed by atoms with Crippen molar-refractivity contribution in [1.82, 2.24) is 15.1 Å². The van der Waals surface area contributed by atoms with E-state index in [4.69, 9.17) is 11.6 Å². The summed E-state index contributed by atoms with van der Waals surface area (Å²) in [5.74, 6) is -0.305. The van der Waals surface area contributed by atoms with Crippen LogP contribution in [-0.4, -0.2) is 16.8 Å². The molecular weight excluding hydrogens is 241 g/mol. The molecular formula is C12H13ClFN3. The maximum Gasteiger partial charge on any atom is 0.123 e. The van der Waals surface area contributed by atoms with Gasteiger partial charge in [0.1, 0.15) is 5.82 Å². The third-order valence-corrected chi connectivity index (χ3v) is 2.93. The molecule has 90 valence electrons. The number of aromatic nitrogens is 2. The number of benzene rings is 1. The predicted molar refractivity (Wildman–Crippen MR) is 65.5 cm³/mol.